The number of carboxylic acid groups (broad SMARTS) is 1. The van der Waals surface area contributed by atoms with Gasteiger partial charge in [-0.1, -0.05) is 20.8 Å². The minimum atomic E-state index is -0.720. The Hall–Kier alpha value is -1.10. The predicted molar refractivity (Wildman–Crippen MR) is 78.1 cm³/mol. The van der Waals surface area contributed by atoms with Crippen LogP contribution in [0.2, 0.25) is 0 Å². The summed E-state index contributed by atoms with van der Waals surface area (Å²) in [5, 5.41) is 12.0. The van der Waals surface area contributed by atoms with Crippen LogP contribution < -0.4 is 11.1 Å². The molecule has 0 saturated heterocycles. The van der Waals surface area contributed by atoms with Gasteiger partial charge in [0.05, 0.1) is 11.8 Å². The third kappa shape index (κ3) is 5.49. The molecule has 4 N–H and O–H groups in total. The number of hydrogen-bond donors (Lipinski definition) is 3. The van der Waals surface area contributed by atoms with Crippen molar-refractivity contribution < 1.29 is 14.7 Å². The van der Waals surface area contributed by atoms with Crippen LogP contribution in [0.1, 0.15) is 52.9 Å². The topological polar surface area (TPSA) is 92.4 Å². The van der Waals surface area contributed by atoms with Crippen molar-refractivity contribution in [3.8, 4) is 0 Å². The number of hydrogen-bond acceptors (Lipinski definition) is 3. The first-order valence-corrected chi connectivity index (χ1v) is 7.46. The molecule has 20 heavy (non-hydrogen) atoms. The van der Waals surface area contributed by atoms with E-state index in [-0.39, 0.29) is 29.2 Å². The van der Waals surface area contributed by atoms with Crippen LogP contribution in [-0.4, -0.2) is 29.6 Å². The van der Waals surface area contributed by atoms with Crippen molar-refractivity contribution in [2.75, 3.05) is 6.54 Å². The molecule has 1 amide bonds. The minimum Gasteiger partial charge on any atom is -0.481 e. The Morgan fingerprint density at radius 1 is 1.25 bits per heavy atom. The van der Waals surface area contributed by atoms with Crippen molar-refractivity contribution in [2.24, 2.45) is 23.0 Å². The molecule has 1 saturated carbocycles. The van der Waals surface area contributed by atoms with Crippen molar-refractivity contribution in [1.82, 2.24) is 5.32 Å². The zero-order valence-electron chi connectivity index (χ0n) is 12.8. The van der Waals surface area contributed by atoms with Gasteiger partial charge in [-0.25, -0.2) is 0 Å². The van der Waals surface area contributed by atoms with Crippen molar-refractivity contribution in [1.29, 1.82) is 0 Å². The number of carbonyl (C=O) groups excluding carboxylic acids is 1. The normalized spacial score (nSPS) is 25.0. The molecule has 0 bridgehead atoms. The zero-order chi connectivity index (χ0) is 15.3. The van der Waals surface area contributed by atoms with Crippen molar-refractivity contribution in [2.45, 2.75) is 58.9 Å². The highest BCUT2D eigenvalue weighted by Crippen LogP contribution is 2.26. The van der Waals surface area contributed by atoms with Gasteiger partial charge in [0.2, 0.25) is 5.91 Å². The van der Waals surface area contributed by atoms with E-state index in [1.54, 1.807) is 0 Å². The van der Waals surface area contributed by atoms with Crippen LogP contribution in [0.25, 0.3) is 0 Å². The maximum absolute atomic E-state index is 12.2. The van der Waals surface area contributed by atoms with Crippen LogP contribution >= 0.6 is 0 Å². The first-order valence-electron chi connectivity index (χ1n) is 7.46. The van der Waals surface area contributed by atoms with Gasteiger partial charge in [0.1, 0.15) is 0 Å². The van der Waals surface area contributed by atoms with Gasteiger partial charge in [0, 0.05) is 12.6 Å². The summed E-state index contributed by atoms with van der Waals surface area (Å²) in [6, 6.07) is 0.104. The van der Waals surface area contributed by atoms with E-state index in [1.807, 2.05) is 0 Å². The Bertz CT molecular complexity index is 342. The molecular formula is C15H28N2O3. The summed E-state index contributed by atoms with van der Waals surface area (Å²) in [5.41, 5.74) is 5.78. The summed E-state index contributed by atoms with van der Waals surface area (Å²) in [5.74, 6) is -1.11. The molecule has 0 radical (unpaired) electrons. The van der Waals surface area contributed by atoms with E-state index >= 15 is 0 Å². The number of amides is 1. The highest BCUT2D eigenvalue weighted by atomic mass is 16.4. The van der Waals surface area contributed by atoms with Gasteiger partial charge in [0.15, 0.2) is 0 Å². The largest absolute Gasteiger partial charge is 0.481 e. The van der Waals surface area contributed by atoms with Crippen LogP contribution in [0.5, 0.6) is 0 Å². The van der Waals surface area contributed by atoms with Gasteiger partial charge in [-0.2, -0.15) is 0 Å². The van der Waals surface area contributed by atoms with Gasteiger partial charge in [-0.05, 0) is 37.5 Å². The lowest BCUT2D eigenvalue weighted by atomic mass is 9.83. The Kier molecular flexibility index (Phi) is 5.99. The summed E-state index contributed by atoms with van der Waals surface area (Å²) >= 11 is 0. The van der Waals surface area contributed by atoms with Crippen LogP contribution in [0.4, 0.5) is 0 Å². The Balaban J connectivity index is 2.44. The SMILES string of the molecule is CC(C)(C)CC(CN)C(=O)NC1CCC(C(=O)O)CC1. The summed E-state index contributed by atoms with van der Waals surface area (Å²) in [7, 11) is 0. The first kappa shape index (κ1) is 17.0. The van der Waals surface area contributed by atoms with E-state index in [0.29, 0.717) is 19.4 Å². The number of nitrogens with two attached hydrogens (primary N) is 1. The van der Waals surface area contributed by atoms with Crippen LogP contribution in [0.3, 0.4) is 0 Å². The van der Waals surface area contributed by atoms with E-state index < -0.39 is 5.97 Å². The van der Waals surface area contributed by atoms with Crippen molar-refractivity contribution in [3.05, 3.63) is 0 Å². The van der Waals surface area contributed by atoms with E-state index in [4.69, 9.17) is 10.8 Å². The second kappa shape index (κ2) is 7.07. The van der Waals surface area contributed by atoms with Gasteiger partial charge in [0.25, 0.3) is 0 Å². The molecule has 0 aliphatic heterocycles. The highest BCUT2D eigenvalue weighted by Gasteiger charge is 2.29. The Labute approximate surface area is 121 Å². The smallest absolute Gasteiger partial charge is 0.306 e. The molecule has 0 heterocycles. The molecule has 1 unspecified atom stereocenters. The van der Waals surface area contributed by atoms with Gasteiger partial charge in [-0.3, -0.25) is 9.59 Å². The lowest BCUT2D eigenvalue weighted by Gasteiger charge is -2.30. The van der Waals surface area contributed by atoms with E-state index in [9.17, 15) is 9.59 Å². The average Bonchev–Trinajstić information content (AvgIpc) is 2.35. The molecule has 0 aromatic heterocycles. The minimum absolute atomic E-state index is 0.0150. The fraction of sp³-hybridized carbons (Fsp3) is 0.867. The molecule has 1 aliphatic carbocycles. The van der Waals surface area contributed by atoms with Gasteiger partial charge < -0.3 is 16.2 Å². The molecule has 0 aromatic carbocycles. The molecular weight excluding hydrogens is 256 g/mol. The quantitative estimate of drug-likeness (QED) is 0.717. The van der Waals surface area contributed by atoms with Crippen LogP contribution in [-0.2, 0) is 9.59 Å². The second-order valence-electron chi connectivity index (χ2n) is 7.09. The lowest BCUT2D eigenvalue weighted by molar-refractivity contribution is -0.142. The van der Waals surface area contributed by atoms with E-state index in [2.05, 4.69) is 26.1 Å². The lowest BCUT2D eigenvalue weighted by Crippen LogP contribution is -2.44. The number of carboxylic acids is 1. The number of rotatable bonds is 5. The number of nitrogens with one attached hydrogen (secondary N) is 1. The molecule has 116 valence electrons. The molecule has 5 heteroatoms. The van der Waals surface area contributed by atoms with Crippen molar-refractivity contribution >= 4 is 11.9 Å². The maximum atomic E-state index is 12.2. The van der Waals surface area contributed by atoms with Crippen LogP contribution in [0, 0.1) is 17.3 Å². The fourth-order valence-electron chi connectivity index (χ4n) is 2.83. The van der Waals surface area contributed by atoms with E-state index in [1.165, 1.54) is 0 Å². The standard InChI is InChI=1S/C15H28N2O3/c1-15(2,3)8-11(9-16)13(18)17-12-6-4-10(5-7-12)14(19)20/h10-12H,4-9,16H2,1-3H3,(H,17,18)(H,19,20). The summed E-state index contributed by atoms with van der Waals surface area (Å²) in [4.78, 5) is 23.1. The van der Waals surface area contributed by atoms with E-state index in [0.717, 1.165) is 19.3 Å². The monoisotopic (exact) mass is 284 g/mol. The molecule has 1 fully saturated rings. The van der Waals surface area contributed by atoms with Gasteiger partial charge >= 0.3 is 5.97 Å². The first-order chi connectivity index (χ1) is 9.23. The molecule has 0 aromatic rings. The van der Waals surface area contributed by atoms with Crippen LogP contribution in [0.15, 0.2) is 0 Å². The average molecular weight is 284 g/mol. The Morgan fingerprint density at radius 3 is 2.20 bits per heavy atom. The third-order valence-corrected chi connectivity index (χ3v) is 3.94. The van der Waals surface area contributed by atoms with Gasteiger partial charge in [-0.15, -0.1) is 0 Å². The maximum Gasteiger partial charge on any atom is 0.306 e. The third-order valence-electron chi connectivity index (χ3n) is 3.94. The summed E-state index contributed by atoms with van der Waals surface area (Å²) < 4.78 is 0. The predicted octanol–water partition coefficient (Wildman–Crippen LogP) is 1.76. The highest BCUT2D eigenvalue weighted by molar-refractivity contribution is 5.79. The number of carbonyl (C=O) groups is 2. The summed E-state index contributed by atoms with van der Waals surface area (Å²) in [6.45, 7) is 6.65. The second-order valence-corrected chi connectivity index (χ2v) is 7.09. The molecule has 5 nitrogen and oxygen atoms in total. The summed E-state index contributed by atoms with van der Waals surface area (Å²) in [6.07, 6.45) is 3.55. The molecule has 0 spiro atoms. The molecule has 1 aliphatic rings. The molecule has 1 rings (SSSR count). The molecule has 1 atom stereocenters. The Morgan fingerprint density at radius 2 is 1.80 bits per heavy atom. The zero-order valence-corrected chi connectivity index (χ0v) is 12.8. The fourth-order valence-corrected chi connectivity index (χ4v) is 2.83. The van der Waals surface area contributed by atoms with Crippen molar-refractivity contribution in [3.63, 3.8) is 0 Å². The number of aliphatic carboxylic acids is 1.